The van der Waals surface area contributed by atoms with Gasteiger partial charge in [-0.1, -0.05) is 12.1 Å². The third-order valence-corrected chi connectivity index (χ3v) is 4.97. The van der Waals surface area contributed by atoms with Crippen molar-refractivity contribution in [2.75, 3.05) is 17.8 Å². The fourth-order valence-electron chi connectivity index (χ4n) is 2.50. The number of hydrogen-bond donors (Lipinski definition) is 2. The summed E-state index contributed by atoms with van der Waals surface area (Å²) in [7, 11) is -3.66. The first kappa shape index (κ1) is 17.3. The molecule has 0 aromatic heterocycles. The first-order valence-electron chi connectivity index (χ1n) is 8.12. The molecular weight excluding hydrogens is 338 g/mol. The lowest BCUT2D eigenvalue weighted by Gasteiger charge is -2.12. The largest absolute Gasteiger partial charge is 0.491 e. The van der Waals surface area contributed by atoms with Crippen LogP contribution in [0, 0.1) is 0 Å². The molecule has 0 saturated heterocycles. The first-order chi connectivity index (χ1) is 11.9. The van der Waals surface area contributed by atoms with E-state index in [1.54, 1.807) is 30.3 Å². The first-order valence-corrected chi connectivity index (χ1v) is 9.61. The minimum absolute atomic E-state index is 0.0374. The van der Waals surface area contributed by atoms with E-state index < -0.39 is 10.0 Å². The Bertz CT molecular complexity index is 875. The molecule has 1 heterocycles. The van der Waals surface area contributed by atoms with Crippen LogP contribution in [0.2, 0.25) is 0 Å². The van der Waals surface area contributed by atoms with Crippen LogP contribution in [0.4, 0.5) is 5.69 Å². The molecule has 2 aromatic rings. The van der Waals surface area contributed by atoms with E-state index in [4.69, 9.17) is 4.74 Å². The number of amidine groups is 1. The molecule has 0 radical (unpaired) electrons. The maximum atomic E-state index is 12.6. The van der Waals surface area contributed by atoms with Crippen LogP contribution < -0.4 is 14.8 Å². The van der Waals surface area contributed by atoms with Crippen molar-refractivity contribution in [2.45, 2.75) is 24.8 Å². The van der Waals surface area contributed by atoms with Gasteiger partial charge in [0.1, 0.15) is 11.6 Å². The normalized spacial score (nSPS) is 14.1. The number of ether oxygens (including phenoxy) is 1. The van der Waals surface area contributed by atoms with E-state index in [-0.39, 0.29) is 11.0 Å². The Balaban J connectivity index is 1.78. The van der Waals surface area contributed by atoms with E-state index in [9.17, 15) is 8.42 Å². The van der Waals surface area contributed by atoms with Gasteiger partial charge in [0, 0.05) is 17.8 Å². The zero-order valence-electron chi connectivity index (χ0n) is 14.2. The van der Waals surface area contributed by atoms with Crippen molar-refractivity contribution >= 4 is 21.5 Å². The van der Waals surface area contributed by atoms with Crippen LogP contribution in [0.3, 0.4) is 0 Å². The van der Waals surface area contributed by atoms with Gasteiger partial charge in [-0.25, -0.2) is 8.42 Å². The molecule has 1 aliphatic heterocycles. The summed E-state index contributed by atoms with van der Waals surface area (Å²) in [5, 5.41) is 3.18. The SMILES string of the molecule is CC(C)Oc1ccc(S(=O)(=O)Nc2cccc(C3=NCCN3)c2)cc1. The van der Waals surface area contributed by atoms with Gasteiger partial charge in [0.25, 0.3) is 10.0 Å². The van der Waals surface area contributed by atoms with Gasteiger partial charge in [0.05, 0.1) is 17.5 Å². The highest BCUT2D eigenvalue weighted by molar-refractivity contribution is 7.92. The molecule has 2 aromatic carbocycles. The molecular formula is C18H21N3O3S. The van der Waals surface area contributed by atoms with Crippen LogP contribution in [0.1, 0.15) is 19.4 Å². The van der Waals surface area contributed by atoms with Crippen LogP contribution in [-0.2, 0) is 10.0 Å². The van der Waals surface area contributed by atoms with Gasteiger partial charge < -0.3 is 10.1 Å². The number of nitrogens with one attached hydrogen (secondary N) is 2. The van der Waals surface area contributed by atoms with Gasteiger partial charge in [0.2, 0.25) is 0 Å². The smallest absolute Gasteiger partial charge is 0.261 e. The number of rotatable bonds is 6. The lowest BCUT2D eigenvalue weighted by atomic mass is 10.2. The molecule has 1 aliphatic rings. The van der Waals surface area contributed by atoms with Crippen molar-refractivity contribution < 1.29 is 13.2 Å². The van der Waals surface area contributed by atoms with Crippen LogP contribution in [0.15, 0.2) is 58.4 Å². The average molecular weight is 359 g/mol. The zero-order valence-corrected chi connectivity index (χ0v) is 15.0. The zero-order chi connectivity index (χ0) is 17.9. The summed E-state index contributed by atoms with van der Waals surface area (Å²) in [6.45, 7) is 5.37. The third-order valence-electron chi connectivity index (χ3n) is 3.57. The molecule has 0 bridgehead atoms. The minimum atomic E-state index is -3.66. The number of nitrogens with zero attached hydrogens (tertiary/aromatic N) is 1. The van der Waals surface area contributed by atoms with Crippen LogP contribution >= 0.6 is 0 Å². The van der Waals surface area contributed by atoms with Crippen molar-refractivity contribution in [3.63, 3.8) is 0 Å². The Kier molecular flexibility index (Phi) is 4.94. The van der Waals surface area contributed by atoms with Crippen LogP contribution in [0.5, 0.6) is 5.75 Å². The standard InChI is InChI=1S/C18H21N3O3S/c1-13(2)24-16-6-8-17(9-7-16)25(22,23)21-15-5-3-4-14(12-15)18-19-10-11-20-18/h3-9,12-13,21H,10-11H2,1-2H3,(H,19,20). The lowest BCUT2D eigenvalue weighted by Crippen LogP contribution is -2.20. The van der Waals surface area contributed by atoms with Gasteiger partial charge in [0.15, 0.2) is 0 Å². The summed E-state index contributed by atoms with van der Waals surface area (Å²) >= 11 is 0. The van der Waals surface area contributed by atoms with Gasteiger partial charge in [-0.05, 0) is 50.2 Å². The Morgan fingerprint density at radius 1 is 1.16 bits per heavy atom. The second-order valence-electron chi connectivity index (χ2n) is 5.98. The lowest BCUT2D eigenvalue weighted by molar-refractivity contribution is 0.242. The Morgan fingerprint density at radius 3 is 2.56 bits per heavy atom. The molecule has 0 unspecified atom stereocenters. The molecule has 0 amide bonds. The maximum Gasteiger partial charge on any atom is 0.261 e. The quantitative estimate of drug-likeness (QED) is 0.831. The van der Waals surface area contributed by atoms with Crippen molar-refractivity contribution in [2.24, 2.45) is 4.99 Å². The number of hydrogen-bond acceptors (Lipinski definition) is 5. The van der Waals surface area contributed by atoms with Crippen LogP contribution in [0.25, 0.3) is 0 Å². The number of aliphatic imine (C=N–C) groups is 1. The average Bonchev–Trinajstić information content (AvgIpc) is 3.09. The van der Waals surface area contributed by atoms with E-state index >= 15 is 0 Å². The maximum absolute atomic E-state index is 12.6. The summed E-state index contributed by atoms with van der Waals surface area (Å²) in [5.41, 5.74) is 1.36. The predicted octanol–water partition coefficient (Wildman–Crippen LogP) is 2.62. The highest BCUT2D eigenvalue weighted by atomic mass is 32.2. The third kappa shape index (κ3) is 4.30. The summed E-state index contributed by atoms with van der Waals surface area (Å²) < 4.78 is 33.3. The highest BCUT2D eigenvalue weighted by Gasteiger charge is 2.15. The topological polar surface area (TPSA) is 79.8 Å². The molecule has 0 aliphatic carbocycles. The fourth-order valence-corrected chi connectivity index (χ4v) is 3.55. The molecule has 0 saturated carbocycles. The van der Waals surface area contributed by atoms with Gasteiger partial charge in [-0.2, -0.15) is 0 Å². The Labute approximate surface area is 148 Å². The van der Waals surface area contributed by atoms with Gasteiger partial charge >= 0.3 is 0 Å². The van der Waals surface area contributed by atoms with Gasteiger partial charge in [-0.3, -0.25) is 9.71 Å². The second-order valence-corrected chi connectivity index (χ2v) is 7.66. The van der Waals surface area contributed by atoms with Crippen molar-refractivity contribution in [3.05, 3.63) is 54.1 Å². The van der Waals surface area contributed by atoms with E-state index in [2.05, 4.69) is 15.0 Å². The number of sulfonamides is 1. The van der Waals surface area contributed by atoms with Gasteiger partial charge in [-0.15, -0.1) is 0 Å². The summed E-state index contributed by atoms with van der Waals surface area (Å²) in [6.07, 6.45) is 0.0374. The molecule has 7 heteroatoms. The van der Waals surface area contributed by atoms with E-state index in [1.807, 2.05) is 19.9 Å². The highest BCUT2D eigenvalue weighted by Crippen LogP contribution is 2.21. The molecule has 2 N–H and O–H groups in total. The molecule has 6 nitrogen and oxygen atoms in total. The molecule has 0 atom stereocenters. The number of benzene rings is 2. The van der Waals surface area contributed by atoms with Crippen LogP contribution in [-0.4, -0.2) is 33.4 Å². The summed E-state index contributed by atoms with van der Waals surface area (Å²) in [6, 6.07) is 13.6. The van der Waals surface area contributed by atoms with Crippen molar-refractivity contribution in [1.82, 2.24) is 5.32 Å². The van der Waals surface area contributed by atoms with Crippen molar-refractivity contribution in [3.8, 4) is 5.75 Å². The predicted molar refractivity (Wildman–Crippen MR) is 98.9 cm³/mol. The van der Waals surface area contributed by atoms with E-state index in [0.29, 0.717) is 11.4 Å². The molecule has 0 spiro atoms. The second kappa shape index (κ2) is 7.14. The molecule has 132 valence electrons. The Hall–Kier alpha value is -2.54. The number of anilines is 1. The van der Waals surface area contributed by atoms with E-state index in [1.165, 1.54) is 12.1 Å². The molecule has 0 fully saturated rings. The minimum Gasteiger partial charge on any atom is -0.491 e. The monoisotopic (exact) mass is 359 g/mol. The molecule has 3 rings (SSSR count). The van der Waals surface area contributed by atoms with Crippen molar-refractivity contribution in [1.29, 1.82) is 0 Å². The van der Waals surface area contributed by atoms with E-state index in [0.717, 1.165) is 24.5 Å². The summed E-state index contributed by atoms with van der Waals surface area (Å²) in [5.74, 6) is 1.43. The summed E-state index contributed by atoms with van der Waals surface area (Å²) in [4.78, 5) is 4.53. The fraction of sp³-hybridized carbons (Fsp3) is 0.278. The Morgan fingerprint density at radius 2 is 1.92 bits per heavy atom. The molecule has 25 heavy (non-hydrogen) atoms.